The minimum absolute atomic E-state index is 0. The number of nitrogens with two attached hydrogens (primary N) is 1. The molecule has 0 unspecified atom stereocenters. The topological polar surface area (TPSA) is 64.8 Å². The van der Waals surface area contributed by atoms with Crippen LogP contribution in [0.4, 0.5) is 0 Å². The van der Waals surface area contributed by atoms with Gasteiger partial charge in [-0.3, -0.25) is 4.79 Å². The fourth-order valence-electron chi connectivity index (χ4n) is 0.841. The lowest BCUT2D eigenvalue weighted by atomic mass is 10.4. The predicted molar refractivity (Wildman–Crippen MR) is 61.2 cm³/mol. The zero-order valence-electron chi connectivity index (χ0n) is 9.56. The molecule has 0 amide bonds. The van der Waals surface area contributed by atoms with Crippen LogP contribution in [0.25, 0.3) is 0 Å². The molecule has 15 heavy (non-hydrogen) atoms. The Morgan fingerprint density at radius 3 is 2.07 bits per heavy atom. The Morgan fingerprint density at radius 2 is 1.93 bits per heavy atom. The average Bonchev–Trinajstić information content (AvgIpc) is 2.18. The SMILES string of the molecule is CN1CCOCC1.COC(=O)[C@H](C)N.Cl. The molecule has 0 aliphatic carbocycles. The van der Waals surface area contributed by atoms with Gasteiger partial charge in [0.15, 0.2) is 0 Å². The van der Waals surface area contributed by atoms with Crippen molar-refractivity contribution < 1.29 is 14.3 Å². The van der Waals surface area contributed by atoms with Gasteiger partial charge in [-0.2, -0.15) is 0 Å². The molecule has 1 aliphatic heterocycles. The van der Waals surface area contributed by atoms with E-state index in [2.05, 4.69) is 16.7 Å². The molecule has 1 saturated heterocycles. The van der Waals surface area contributed by atoms with Crippen molar-refractivity contribution in [2.24, 2.45) is 5.73 Å². The van der Waals surface area contributed by atoms with E-state index < -0.39 is 6.04 Å². The monoisotopic (exact) mass is 240 g/mol. The van der Waals surface area contributed by atoms with E-state index in [4.69, 9.17) is 10.5 Å². The molecule has 0 saturated carbocycles. The van der Waals surface area contributed by atoms with Crippen molar-refractivity contribution in [3.8, 4) is 0 Å². The minimum Gasteiger partial charge on any atom is -0.468 e. The van der Waals surface area contributed by atoms with Gasteiger partial charge in [0.1, 0.15) is 6.04 Å². The molecule has 2 N–H and O–H groups in total. The van der Waals surface area contributed by atoms with Gasteiger partial charge in [0.25, 0.3) is 0 Å². The van der Waals surface area contributed by atoms with Crippen LogP contribution in [0.1, 0.15) is 6.92 Å². The Balaban J connectivity index is 0. The van der Waals surface area contributed by atoms with Crippen LogP contribution in [-0.4, -0.2) is 57.4 Å². The van der Waals surface area contributed by atoms with Crippen LogP contribution < -0.4 is 5.73 Å². The third-order valence-electron chi connectivity index (χ3n) is 1.81. The number of rotatable bonds is 1. The molecule has 1 aliphatic rings. The largest absolute Gasteiger partial charge is 0.468 e. The number of likely N-dealkylation sites (N-methyl/N-ethyl adjacent to an activating group) is 1. The number of hydrogen-bond acceptors (Lipinski definition) is 5. The first-order valence-electron chi connectivity index (χ1n) is 4.67. The Kier molecular flexibility index (Phi) is 11.6. The first-order chi connectivity index (χ1) is 6.57. The lowest BCUT2D eigenvalue weighted by Gasteiger charge is -2.21. The number of morpholine rings is 1. The molecule has 0 aromatic carbocycles. The second kappa shape index (κ2) is 10.2. The highest BCUT2D eigenvalue weighted by atomic mass is 35.5. The van der Waals surface area contributed by atoms with Gasteiger partial charge >= 0.3 is 5.97 Å². The molecule has 0 aromatic rings. The number of carbonyl (C=O) groups excluding carboxylic acids is 1. The maximum atomic E-state index is 10.2. The number of hydrogen-bond donors (Lipinski definition) is 1. The van der Waals surface area contributed by atoms with E-state index in [1.54, 1.807) is 6.92 Å². The van der Waals surface area contributed by atoms with Gasteiger partial charge in [-0.15, -0.1) is 12.4 Å². The van der Waals surface area contributed by atoms with Crippen LogP contribution in [0.15, 0.2) is 0 Å². The van der Waals surface area contributed by atoms with E-state index in [0.29, 0.717) is 0 Å². The number of ether oxygens (including phenoxy) is 2. The second-order valence-corrected chi connectivity index (χ2v) is 3.23. The van der Waals surface area contributed by atoms with Crippen LogP contribution in [-0.2, 0) is 14.3 Å². The summed E-state index contributed by atoms with van der Waals surface area (Å²) in [7, 11) is 3.42. The van der Waals surface area contributed by atoms with Crippen molar-refractivity contribution in [1.82, 2.24) is 4.90 Å². The fourth-order valence-corrected chi connectivity index (χ4v) is 0.841. The van der Waals surface area contributed by atoms with E-state index in [1.165, 1.54) is 7.11 Å². The highest BCUT2D eigenvalue weighted by Crippen LogP contribution is 1.89. The van der Waals surface area contributed by atoms with Gasteiger partial charge in [-0.05, 0) is 14.0 Å². The van der Waals surface area contributed by atoms with Gasteiger partial charge in [-0.25, -0.2) is 0 Å². The average molecular weight is 241 g/mol. The Hall–Kier alpha value is -0.360. The molecule has 1 heterocycles. The summed E-state index contributed by atoms with van der Waals surface area (Å²) >= 11 is 0. The van der Waals surface area contributed by atoms with Gasteiger partial charge in [0, 0.05) is 13.1 Å². The predicted octanol–water partition coefficient (Wildman–Crippen LogP) is -0.123. The molecule has 0 aromatic heterocycles. The number of methoxy groups -OCH3 is 1. The van der Waals surface area contributed by atoms with Crippen molar-refractivity contribution in [3.05, 3.63) is 0 Å². The van der Waals surface area contributed by atoms with Gasteiger partial charge < -0.3 is 20.1 Å². The molecule has 1 rings (SSSR count). The van der Waals surface area contributed by atoms with Gasteiger partial charge in [0.2, 0.25) is 0 Å². The van der Waals surface area contributed by atoms with Gasteiger partial charge in [-0.1, -0.05) is 0 Å². The number of halogens is 1. The van der Waals surface area contributed by atoms with Crippen molar-refractivity contribution >= 4 is 18.4 Å². The summed E-state index contributed by atoms with van der Waals surface area (Å²) in [4.78, 5) is 12.4. The number of carbonyl (C=O) groups is 1. The summed E-state index contributed by atoms with van der Waals surface area (Å²) in [6.45, 7) is 5.60. The van der Waals surface area contributed by atoms with Crippen LogP contribution in [0.2, 0.25) is 0 Å². The summed E-state index contributed by atoms with van der Waals surface area (Å²) in [5, 5.41) is 0. The van der Waals surface area contributed by atoms with E-state index in [0.717, 1.165) is 26.3 Å². The molecule has 0 spiro atoms. The Bertz CT molecular complexity index is 161. The van der Waals surface area contributed by atoms with E-state index >= 15 is 0 Å². The quantitative estimate of drug-likeness (QED) is 0.648. The van der Waals surface area contributed by atoms with Crippen LogP contribution in [0, 0.1) is 0 Å². The molecular weight excluding hydrogens is 220 g/mol. The van der Waals surface area contributed by atoms with Crippen molar-refractivity contribution in [3.63, 3.8) is 0 Å². The van der Waals surface area contributed by atoms with Crippen molar-refractivity contribution in [2.45, 2.75) is 13.0 Å². The Morgan fingerprint density at radius 1 is 1.47 bits per heavy atom. The van der Waals surface area contributed by atoms with E-state index in [1.807, 2.05) is 0 Å². The molecule has 92 valence electrons. The third kappa shape index (κ3) is 9.93. The smallest absolute Gasteiger partial charge is 0.322 e. The first-order valence-corrected chi connectivity index (χ1v) is 4.67. The highest BCUT2D eigenvalue weighted by molar-refractivity contribution is 5.85. The maximum Gasteiger partial charge on any atom is 0.322 e. The zero-order valence-corrected chi connectivity index (χ0v) is 10.4. The van der Waals surface area contributed by atoms with Crippen LogP contribution in [0.5, 0.6) is 0 Å². The molecule has 0 bridgehead atoms. The maximum absolute atomic E-state index is 10.2. The lowest BCUT2D eigenvalue weighted by Crippen LogP contribution is -2.32. The lowest BCUT2D eigenvalue weighted by molar-refractivity contribution is -0.141. The molecular formula is C9H21ClN2O3. The van der Waals surface area contributed by atoms with Crippen molar-refractivity contribution in [1.29, 1.82) is 0 Å². The van der Waals surface area contributed by atoms with Crippen LogP contribution in [0.3, 0.4) is 0 Å². The Labute approximate surface area is 97.3 Å². The normalized spacial score (nSPS) is 17.9. The summed E-state index contributed by atoms with van der Waals surface area (Å²) < 4.78 is 9.35. The second-order valence-electron chi connectivity index (χ2n) is 3.23. The molecule has 5 nitrogen and oxygen atoms in total. The third-order valence-corrected chi connectivity index (χ3v) is 1.81. The van der Waals surface area contributed by atoms with E-state index in [9.17, 15) is 4.79 Å². The fraction of sp³-hybridized carbons (Fsp3) is 0.889. The standard InChI is InChI=1S/C5H11NO.C4H9NO2.ClH/c1-6-2-4-7-5-3-6;1-3(5)4(6)7-2;/h2-5H2,1H3;3H,5H2,1-2H3;1H/t;3-;/m.0./s1. The zero-order chi connectivity index (χ0) is 11.0. The first kappa shape index (κ1) is 17.0. The number of nitrogens with zero attached hydrogens (tertiary/aromatic N) is 1. The minimum atomic E-state index is -0.495. The summed E-state index contributed by atoms with van der Waals surface area (Å²) in [5.74, 6) is -0.375. The summed E-state index contributed by atoms with van der Waals surface area (Å²) in [6, 6.07) is -0.495. The van der Waals surface area contributed by atoms with E-state index in [-0.39, 0.29) is 18.4 Å². The van der Waals surface area contributed by atoms with Gasteiger partial charge in [0.05, 0.1) is 20.3 Å². The molecule has 0 radical (unpaired) electrons. The summed E-state index contributed by atoms with van der Waals surface area (Å²) in [5.41, 5.74) is 5.07. The molecule has 6 heteroatoms. The molecule has 1 atom stereocenters. The summed E-state index contributed by atoms with van der Waals surface area (Å²) in [6.07, 6.45) is 0. The molecule has 1 fully saturated rings. The number of esters is 1. The highest BCUT2D eigenvalue weighted by Gasteiger charge is 2.03. The van der Waals surface area contributed by atoms with Crippen molar-refractivity contribution in [2.75, 3.05) is 40.5 Å². The van der Waals surface area contributed by atoms with Crippen LogP contribution >= 0.6 is 12.4 Å².